The number of hydrogen-bond donors (Lipinski definition) is 8. The van der Waals surface area contributed by atoms with Crippen molar-refractivity contribution in [2.75, 3.05) is 98.1 Å². The molecule has 1 aliphatic carbocycles. The number of carbonyl (C=O) groups is 7. The number of benzene rings is 2. The lowest BCUT2D eigenvalue weighted by Gasteiger charge is -2.35. The van der Waals surface area contributed by atoms with Crippen molar-refractivity contribution < 1.29 is 84.8 Å². The van der Waals surface area contributed by atoms with Crippen LogP contribution in [0.3, 0.4) is 0 Å². The van der Waals surface area contributed by atoms with Crippen LogP contribution in [0.25, 0.3) is 0 Å². The van der Waals surface area contributed by atoms with Crippen molar-refractivity contribution in [1.82, 2.24) is 44.8 Å². The summed E-state index contributed by atoms with van der Waals surface area (Å²) in [5.41, 5.74) is 1.52. The second-order valence-corrected chi connectivity index (χ2v) is 24.8. The fraction of sp³-hybridized carbons (Fsp3) is 0.375. The van der Waals surface area contributed by atoms with Crippen molar-refractivity contribution in [2.24, 2.45) is 0 Å². The Morgan fingerprint density at radius 2 is 1.51 bits per heavy atom. The molecule has 38 heteroatoms. The average molecular weight is 1410 g/mol. The number of rotatable bonds is 17. The zero-order chi connectivity index (χ0) is 69.8. The van der Waals surface area contributed by atoms with Crippen molar-refractivity contribution in [2.45, 2.75) is 75.3 Å². The lowest BCUT2D eigenvalue weighted by molar-refractivity contribution is -0.136. The van der Waals surface area contributed by atoms with Gasteiger partial charge in [0.2, 0.25) is 34.9 Å². The topological polar surface area (TPSA) is 419 Å². The molecule has 3 aliphatic heterocycles. The van der Waals surface area contributed by atoms with E-state index in [4.69, 9.17) is 75.1 Å². The van der Waals surface area contributed by atoms with Crippen LogP contribution in [0.15, 0.2) is 77.0 Å². The predicted molar refractivity (Wildman–Crippen MR) is 342 cm³/mol. The summed E-state index contributed by atoms with van der Waals surface area (Å²) < 4.78 is 72.2. The number of amides is 7. The third kappa shape index (κ3) is 21.2. The highest BCUT2D eigenvalue weighted by Crippen LogP contribution is 2.42. The maximum absolute atomic E-state index is 14.7. The molecule has 2 aromatic carbocycles. The van der Waals surface area contributed by atoms with Gasteiger partial charge in [-0.3, -0.25) is 48.9 Å². The fourth-order valence-corrected chi connectivity index (χ4v) is 10.4. The highest BCUT2D eigenvalue weighted by Gasteiger charge is 2.42. The van der Waals surface area contributed by atoms with Crippen LogP contribution in [-0.4, -0.2) is 184 Å². The fourth-order valence-electron chi connectivity index (χ4n) is 8.54. The molecule has 32 nitrogen and oxygen atoms in total. The van der Waals surface area contributed by atoms with E-state index in [0.717, 1.165) is 36.0 Å². The summed E-state index contributed by atoms with van der Waals surface area (Å²) >= 11 is 17.0. The predicted octanol–water partition coefficient (Wildman–Crippen LogP) is 5.21. The molecule has 0 saturated heterocycles. The van der Waals surface area contributed by atoms with Crippen molar-refractivity contribution in [3.8, 4) is 35.6 Å². The molecular weight excluding hydrogens is 1340 g/mol. The second-order valence-electron chi connectivity index (χ2n) is 20.1. The van der Waals surface area contributed by atoms with Gasteiger partial charge in [0.05, 0.1) is 68.3 Å². The van der Waals surface area contributed by atoms with E-state index < -0.39 is 75.9 Å². The molecule has 9 rings (SSSR count). The van der Waals surface area contributed by atoms with E-state index in [1.165, 1.54) is 68.6 Å². The van der Waals surface area contributed by atoms with E-state index in [1.807, 2.05) is 52.0 Å². The van der Waals surface area contributed by atoms with Gasteiger partial charge in [0, 0.05) is 50.1 Å². The molecular formula is C56H66Cl3FN15O17PS. The number of imide groups is 1. The van der Waals surface area contributed by atoms with Gasteiger partial charge in [0.1, 0.15) is 18.1 Å². The van der Waals surface area contributed by atoms with Crippen LogP contribution in [0.4, 0.5) is 44.1 Å². The van der Waals surface area contributed by atoms with Gasteiger partial charge in [-0.2, -0.15) is 33.3 Å². The maximum atomic E-state index is 14.7. The van der Waals surface area contributed by atoms with Crippen LogP contribution in [0.2, 0.25) is 5.28 Å². The molecule has 7 amide bonds. The maximum Gasteiger partial charge on any atom is 0.339 e. The number of pyridine rings is 1. The molecule has 0 saturated carbocycles. The van der Waals surface area contributed by atoms with Gasteiger partial charge in [0.15, 0.2) is 22.3 Å². The molecule has 0 bridgehead atoms. The van der Waals surface area contributed by atoms with Crippen LogP contribution in [0.1, 0.15) is 63.7 Å². The molecule has 506 valence electrons. The highest BCUT2D eigenvalue weighted by atomic mass is 35.5. The molecule has 6 heterocycles. The highest BCUT2D eigenvalue weighted by molar-refractivity contribution is 7.90. The van der Waals surface area contributed by atoms with E-state index in [0.29, 0.717) is 48.2 Å². The molecule has 1 unspecified atom stereocenters. The number of halogens is 4. The van der Waals surface area contributed by atoms with Crippen LogP contribution >= 0.6 is 42.4 Å². The number of nitrogens with zero attached hydrogens (tertiary/aromatic N) is 10. The minimum absolute atomic E-state index is 0.0170. The van der Waals surface area contributed by atoms with Gasteiger partial charge < -0.3 is 54.3 Å². The van der Waals surface area contributed by atoms with E-state index in [9.17, 15) is 50.9 Å². The van der Waals surface area contributed by atoms with E-state index in [1.54, 1.807) is 9.62 Å². The van der Waals surface area contributed by atoms with Gasteiger partial charge in [0.25, 0.3) is 39.6 Å². The summed E-state index contributed by atoms with van der Waals surface area (Å²) in [7, 11) is -2.94. The number of aliphatic carboxylic acids is 1. The molecule has 5 aromatic rings. The number of fused-ring (bicyclic) bond motifs is 2. The number of nitrogens with one attached hydrogen (secondary N) is 5. The zero-order valence-electron chi connectivity index (χ0n) is 51.6. The van der Waals surface area contributed by atoms with Gasteiger partial charge in [-0.05, 0) is 95.3 Å². The summed E-state index contributed by atoms with van der Waals surface area (Å²) in [6.45, 7) is 8.37. The standard InChI is InChI=1S/C19H15FN2O4.C15H18N6O6S.C11H11Cl2NO2.C8H14ClN5.C3H8NO5P/c1-2-7-21-15-9-14(13(20)8-16(15)26-10-17(21)23)22-18(24)11-5-3-4-6-12(11)19(22)25;1-21(2)13(22)9-6-5-7-16-12(9)28(24,25)20-15(23)19-14-17-10(26-3)8-11(18-14)27-4;1-7-6-16-9-5-3-2-4-8(9)14(7)11(15)10(12)13;1-4-10-7-12-6(9)13-8(14-7)11-5(2)3;5-3(6)1-4-2-10(7,8)9/h1,8-9H,3-7,10H2;5-8H,1-4H3,(H2,17,18,19,20,23);2-5,7,10H,6H2,1H3;5H,4H2,1-3H3,(H2,10,11,12,13,14);4H,1-2H2,(H,5,6)(H2,7,8,9). The number of hydrogen-bond acceptors (Lipinski definition) is 23. The minimum Gasteiger partial charge on any atom is -0.489 e. The Morgan fingerprint density at radius 3 is 2.07 bits per heavy atom. The number of para-hydroxylation sites is 2. The quantitative estimate of drug-likeness (QED) is 0.0256. The summed E-state index contributed by atoms with van der Waals surface area (Å²) in [5, 5.41) is 17.8. The second kappa shape index (κ2) is 34.7. The number of carbonyl (C=O) groups excluding carboxylic acids is 6. The first kappa shape index (κ1) is 75.6. The molecule has 1 atom stereocenters. The number of urea groups is 1. The molecule has 94 heavy (non-hydrogen) atoms. The third-order valence-corrected chi connectivity index (χ3v) is 15.0. The van der Waals surface area contributed by atoms with Gasteiger partial charge in [-0.25, -0.2) is 23.8 Å². The van der Waals surface area contributed by atoms with Gasteiger partial charge in [-0.1, -0.05) is 41.3 Å². The SMILES string of the molecule is C#CCN1C(=O)COc2cc(F)c(N3C(=O)C4=C(CCCC4)C3=O)cc21.CC1COc2ccccc2N1C(=O)C(Cl)Cl.CCNc1nc(Cl)nc(NC(C)C)n1.COc1cc(OC)nc(NC(=O)NS(=O)(=O)c2ncccc2C(=O)N(C)C)n1.O=C(O)CNCP(=O)(O)O. The van der Waals surface area contributed by atoms with Crippen LogP contribution in [0, 0.1) is 18.2 Å². The number of alkyl halides is 2. The molecule has 4 aliphatic rings. The molecule has 0 fully saturated rings. The Balaban J connectivity index is 0.000000223. The number of terminal acetylenes is 1. The summed E-state index contributed by atoms with van der Waals surface area (Å²) in [6.07, 6.45) is 8.60. The minimum atomic E-state index is -4.46. The Hall–Kier alpha value is -9.07. The summed E-state index contributed by atoms with van der Waals surface area (Å²) in [5.74, 6) is -0.0377. The van der Waals surface area contributed by atoms with Crippen molar-refractivity contribution in [3.63, 3.8) is 0 Å². The number of ether oxygens (including phenoxy) is 4. The van der Waals surface area contributed by atoms with Crippen LogP contribution in [0.5, 0.6) is 23.3 Å². The summed E-state index contributed by atoms with van der Waals surface area (Å²) in [4.78, 5) is 127. The van der Waals surface area contributed by atoms with Crippen LogP contribution in [-0.2, 0) is 38.6 Å². The van der Waals surface area contributed by atoms with Crippen LogP contribution < -0.4 is 59.6 Å². The average Bonchev–Trinajstić information content (AvgIpc) is 1.54. The molecule has 3 aromatic heterocycles. The first-order valence-electron chi connectivity index (χ1n) is 27.8. The monoisotopic (exact) mass is 1410 g/mol. The first-order valence-corrected chi connectivity index (χ1v) is 32.4. The van der Waals surface area contributed by atoms with E-state index in [2.05, 4.69) is 57.1 Å². The van der Waals surface area contributed by atoms with Crippen molar-refractivity contribution in [1.29, 1.82) is 0 Å². The Bertz CT molecular complexity index is 3810. The number of carboxylic acid groups (broad SMARTS) is 1. The molecule has 0 spiro atoms. The van der Waals surface area contributed by atoms with E-state index >= 15 is 0 Å². The van der Waals surface area contributed by atoms with E-state index in [-0.39, 0.29) is 82.7 Å². The zero-order valence-corrected chi connectivity index (χ0v) is 55.5. The van der Waals surface area contributed by atoms with Gasteiger partial charge >= 0.3 is 19.6 Å². The Kier molecular flexibility index (Phi) is 27.9. The number of anilines is 6. The Labute approximate surface area is 553 Å². The Morgan fingerprint density at radius 1 is 0.883 bits per heavy atom. The van der Waals surface area contributed by atoms with Crippen molar-refractivity contribution in [3.05, 3.63) is 88.6 Å². The van der Waals surface area contributed by atoms with Gasteiger partial charge in [-0.15, -0.1) is 6.42 Å². The number of carboxylic acids is 1. The van der Waals surface area contributed by atoms with Crippen molar-refractivity contribution >= 4 is 129 Å². The molecule has 0 radical (unpaired) electrons. The number of sulfonamides is 1. The number of aromatic nitrogens is 6. The number of methoxy groups -OCH3 is 2. The normalized spacial score (nSPS) is 14.6. The smallest absolute Gasteiger partial charge is 0.339 e. The third-order valence-electron chi connectivity index (χ3n) is 12.5. The largest absolute Gasteiger partial charge is 0.489 e. The first-order chi connectivity index (χ1) is 44.3. The lowest BCUT2D eigenvalue weighted by atomic mass is 9.93. The molecule has 8 N–H and O–H groups in total. The lowest BCUT2D eigenvalue weighted by Crippen LogP contribution is -2.47. The summed E-state index contributed by atoms with van der Waals surface area (Å²) in [6, 6.07) is 12.8.